The molecule has 3 rings (SSSR count). The van der Waals surface area contributed by atoms with Gasteiger partial charge in [-0.1, -0.05) is 28.1 Å². The maximum Gasteiger partial charge on any atom is 0.318 e. The van der Waals surface area contributed by atoms with E-state index >= 15 is 0 Å². The van der Waals surface area contributed by atoms with Gasteiger partial charge in [0.05, 0.1) is 6.04 Å². The molecule has 1 aromatic rings. The molecule has 4 nitrogen and oxygen atoms in total. The number of piperidine rings is 1. The van der Waals surface area contributed by atoms with Gasteiger partial charge in [-0.05, 0) is 49.5 Å². The number of urea groups is 1. The average Bonchev–Trinajstić information content (AvgIpc) is 2.81. The molecule has 2 atom stereocenters. The molecule has 5 heteroatoms. The summed E-state index contributed by atoms with van der Waals surface area (Å²) in [6.45, 7) is 3.78. The second kappa shape index (κ2) is 6.14. The fourth-order valence-electron chi connectivity index (χ4n) is 3.05. The number of nitrogens with one attached hydrogen (secondary N) is 2. The Kier molecular flexibility index (Phi) is 4.27. The second-order valence-corrected chi connectivity index (χ2v) is 6.59. The lowest BCUT2D eigenvalue weighted by Gasteiger charge is -2.26. The Labute approximate surface area is 128 Å². The number of carbonyl (C=O) groups excluding carboxylic acids is 1. The summed E-state index contributed by atoms with van der Waals surface area (Å²) in [6, 6.07) is 8.35. The molecule has 0 spiro atoms. The molecule has 108 valence electrons. The van der Waals surface area contributed by atoms with Crippen molar-refractivity contribution in [1.29, 1.82) is 0 Å². The maximum atomic E-state index is 12.1. The highest BCUT2D eigenvalue weighted by Crippen LogP contribution is 2.24. The lowest BCUT2D eigenvalue weighted by molar-refractivity contribution is 0.202. The van der Waals surface area contributed by atoms with Crippen LogP contribution in [-0.4, -0.2) is 37.1 Å². The molecule has 0 aliphatic carbocycles. The lowest BCUT2D eigenvalue weighted by Crippen LogP contribution is -2.39. The maximum absolute atomic E-state index is 12.1. The number of hydrogen-bond donors (Lipinski definition) is 2. The van der Waals surface area contributed by atoms with Crippen molar-refractivity contribution in [1.82, 2.24) is 15.5 Å². The molecule has 0 bridgehead atoms. The first-order valence-electron chi connectivity index (χ1n) is 7.24. The highest BCUT2D eigenvalue weighted by molar-refractivity contribution is 9.10. The van der Waals surface area contributed by atoms with Gasteiger partial charge in [-0.2, -0.15) is 0 Å². The Morgan fingerprint density at radius 1 is 1.40 bits per heavy atom. The second-order valence-electron chi connectivity index (χ2n) is 5.67. The first-order valence-corrected chi connectivity index (χ1v) is 8.03. The van der Waals surface area contributed by atoms with Gasteiger partial charge in [0.25, 0.3) is 0 Å². The molecule has 0 aromatic heterocycles. The highest BCUT2D eigenvalue weighted by Gasteiger charge is 2.31. The van der Waals surface area contributed by atoms with Crippen molar-refractivity contribution in [2.24, 2.45) is 5.92 Å². The van der Waals surface area contributed by atoms with Crippen LogP contribution in [0.15, 0.2) is 28.7 Å². The van der Waals surface area contributed by atoms with Crippen molar-refractivity contribution in [2.75, 3.05) is 26.2 Å². The van der Waals surface area contributed by atoms with E-state index in [1.54, 1.807) is 0 Å². The van der Waals surface area contributed by atoms with E-state index in [1.807, 2.05) is 17.0 Å². The highest BCUT2D eigenvalue weighted by atomic mass is 79.9. The Morgan fingerprint density at radius 3 is 3.05 bits per heavy atom. The van der Waals surface area contributed by atoms with E-state index in [1.165, 1.54) is 12.8 Å². The van der Waals surface area contributed by atoms with E-state index in [-0.39, 0.29) is 12.1 Å². The van der Waals surface area contributed by atoms with Gasteiger partial charge in [0.2, 0.25) is 0 Å². The molecule has 2 fully saturated rings. The summed E-state index contributed by atoms with van der Waals surface area (Å²) < 4.78 is 1.05. The topological polar surface area (TPSA) is 44.4 Å². The normalized spacial score (nSPS) is 26.6. The minimum absolute atomic E-state index is 0.0700. The van der Waals surface area contributed by atoms with Gasteiger partial charge in [0, 0.05) is 17.6 Å². The zero-order valence-corrected chi connectivity index (χ0v) is 13.0. The van der Waals surface area contributed by atoms with E-state index in [0.29, 0.717) is 5.92 Å². The number of benzene rings is 1. The molecule has 2 aliphatic heterocycles. The minimum atomic E-state index is 0.0700. The van der Waals surface area contributed by atoms with Crippen LogP contribution in [-0.2, 0) is 0 Å². The number of rotatable bonds is 3. The fourth-order valence-corrected chi connectivity index (χ4v) is 3.47. The smallest absolute Gasteiger partial charge is 0.318 e. The molecule has 2 aliphatic rings. The van der Waals surface area contributed by atoms with Gasteiger partial charge in [-0.3, -0.25) is 0 Å². The predicted octanol–water partition coefficient (Wildman–Crippen LogP) is 2.52. The summed E-state index contributed by atoms with van der Waals surface area (Å²) in [5.41, 5.74) is 1.16. The van der Waals surface area contributed by atoms with Gasteiger partial charge in [0.1, 0.15) is 0 Å². The molecule has 2 N–H and O–H groups in total. The van der Waals surface area contributed by atoms with E-state index < -0.39 is 0 Å². The Balaban J connectivity index is 1.62. The first-order chi connectivity index (χ1) is 9.72. The quantitative estimate of drug-likeness (QED) is 0.890. The fraction of sp³-hybridized carbons (Fsp3) is 0.533. The summed E-state index contributed by atoms with van der Waals surface area (Å²) in [5, 5.41) is 6.49. The number of hydrogen-bond acceptors (Lipinski definition) is 2. The van der Waals surface area contributed by atoms with Crippen LogP contribution < -0.4 is 10.6 Å². The number of carbonyl (C=O) groups is 1. The molecular formula is C15H20BrN3O. The summed E-state index contributed by atoms with van der Waals surface area (Å²) in [6.07, 6.45) is 2.44. The Bertz CT molecular complexity index is 488. The summed E-state index contributed by atoms with van der Waals surface area (Å²) in [5.74, 6) is 0.593. The molecule has 0 radical (unpaired) electrons. The zero-order chi connectivity index (χ0) is 13.9. The van der Waals surface area contributed by atoms with Crippen molar-refractivity contribution >= 4 is 22.0 Å². The molecule has 2 saturated heterocycles. The van der Waals surface area contributed by atoms with Crippen LogP contribution in [0.5, 0.6) is 0 Å². The first kappa shape index (κ1) is 13.9. The third-order valence-corrected chi connectivity index (χ3v) is 4.61. The molecule has 2 unspecified atom stereocenters. The van der Waals surface area contributed by atoms with Gasteiger partial charge in [-0.15, -0.1) is 0 Å². The van der Waals surface area contributed by atoms with Crippen LogP contribution in [0, 0.1) is 5.92 Å². The van der Waals surface area contributed by atoms with Crippen LogP contribution in [0.25, 0.3) is 0 Å². The summed E-state index contributed by atoms with van der Waals surface area (Å²) >= 11 is 3.48. The van der Waals surface area contributed by atoms with Gasteiger partial charge < -0.3 is 15.5 Å². The monoisotopic (exact) mass is 337 g/mol. The standard InChI is InChI=1S/C15H20BrN3O/c16-13-5-1-4-12(7-13)14-10-19(15(20)18-14)9-11-3-2-6-17-8-11/h1,4-5,7,11,14,17H,2-3,6,8-10H2,(H,18,20). The van der Waals surface area contributed by atoms with E-state index in [9.17, 15) is 4.79 Å². The van der Waals surface area contributed by atoms with Crippen LogP contribution in [0.4, 0.5) is 4.79 Å². The molecular weight excluding hydrogens is 318 g/mol. The van der Waals surface area contributed by atoms with Crippen molar-refractivity contribution in [3.8, 4) is 0 Å². The van der Waals surface area contributed by atoms with E-state index in [2.05, 4.69) is 38.7 Å². The largest absolute Gasteiger partial charge is 0.329 e. The van der Waals surface area contributed by atoms with Crippen LogP contribution in [0.2, 0.25) is 0 Å². The minimum Gasteiger partial charge on any atom is -0.329 e. The van der Waals surface area contributed by atoms with E-state index in [0.717, 1.165) is 36.2 Å². The van der Waals surface area contributed by atoms with Crippen LogP contribution in [0.1, 0.15) is 24.4 Å². The predicted molar refractivity (Wildman–Crippen MR) is 82.6 cm³/mol. The summed E-state index contributed by atoms with van der Waals surface area (Å²) in [7, 11) is 0. The number of nitrogens with zero attached hydrogens (tertiary/aromatic N) is 1. The lowest BCUT2D eigenvalue weighted by atomic mass is 9.99. The average molecular weight is 338 g/mol. The van der Waals surface area contributed by atoms with Gasteiger partial charge in [-0.25, -0.2) is 4.79 Å². The zero-order valence-electron chi connectivity index (χ0n) is 11.4. The molecule has 2 amide bonds. The van der Waals surface area contributed by atoms with Gasteiger partial charge >= 0.3 is 6.03 Å². The molecule has 2 heterocycles. The summed E-state index contributed by atoms with van der Waals surface area (Å²) in [4.78, 5) is 14.1. The third kappa shape index (κ3) is 3.15. The number of halogens is 1. The Hall–Kier alpha value is -1.07. The molecule has 20 heavy (non-hydrogen) atoms. The molecule has 0 saturated carbocycles. The van der Waals surface area contributed by atoms with Gasteiger partial charge in [0.15, 0.2) is 0 Å². The van der Waals surface area contributed by atoms with Crippen molar-refractivity contribution in [3.05, 3.63) is 34.3 Å². The van der Waals surface area contributed by atoms with Crippen LogP contribution >= 0.6 is 15.9 Å². The molecule has 1 aromatic carbocycles. The Morgan fingerprint density at radius 2 is 2.30 bits per heavy atom. The van der Waals surface area contributed by atoms with Crippen molar-refractivity contribution in [2.45, 2.75) is 18.9 Å². The van der Waals surface area contributed by atoms with Crippen molar-refractivity contribution < 1.29 is 4.79 Å². The number of amides is 2. The van der Waals surface area contributed by atoms with E-state index in [4.69, 9.17) is 0 Å². The third-order valence-electron chi connectivity index (χ3n) is 4.12. The van der Waals surface area contributed by atoms with Crippen molar-refractivity contribution in [3.63, 3.8) is 0 Å². The SMILES string of the molecule is O=C1NC(c2cccc(Br)c2)CN1CC1CCCNC1. The van der Waals surface area contributed by atoms with Crippen LogP contribution in [0.3, 0.4) is 0 Å².